The van der Waals surface area contributed by atoms with Crippen LogP contribution >= 0.6 is 59.6 Å². The first-order chi connectivity index (χ1) is 17.4. The molecule has 0 bridgehead atoms. The first-order valence-corrected chi connectivity index (χ1v) is 17.7. The van der Waals surface area contributed by atoms with Crippen molar-refractivity contribution < 1.29 is 21.6 Å². The second-order valence-corrected chi connectivity index (χ2v) is 21.6. The van der Waals surface area contributed by atoms with Gasteiger partial charge in [-0.05, 0) is 103 Å². The van der Waals surface area contributed by atoms with E-state index in [4.69, 9.17) is 0 Å². The fraction of sp³-hybridized carbons (Fsp3) is 0.409. The molecule has 0 saturated heterocycles. The number of hydrogen-bond donors (Lipinski definition) is 4. The fourth-order valence-electron chi connectivity index (χ4n) is 3.53. The summed E-state index contributed by atoms with van der Waals surface area (Å²) >= 11 is 10.6. The summed E-state index contributed by atoms with van der Waals surface area (Å²) < 4.78 is 50.7. The Balaban J connectivity index is 1.54. The third-order valence-electron chi connectivity index (χ3n) is 5.43. The number of hydrazine groups is 1. The van der Waals surface area contributed by atoms with E-state index in [1.54, 1.807) is 12.1 Å². The zero-order valence-electron chi connectivity index (χ0n) is 19.5. The van der Waals surface area contributed by atoms with Crippen molar-refractivity contribution in [2.75, 3.05) is 21.2 Å². The van der Waals surface area contributed by atoms with Gasteiger partial charge in [0.1, 0.15) is 0 Å². The van der Waals surface area contributed by atoms with Crippen molar-refractivity contribution in [3.8, 4) is 0 Å². The molecule has 0 spiro atoms. The van der Waals surface area contributed by atoms with Gasteiger partial charge in [-0.15, -0.1) is 4.83 Å². The first kappa shape index (κ1) is 30.7. The number of anilines is 3. The lowest BCUT2D eigenvalue weighted by Gasteiger charge is -2.20. The molecule has 37 heavy (non-hydrogen) atoms. The van der Waals surface area contributed by atoms with Crippen LogP contribution in [0.3, 0.4) is 0 Å². The van der Waals surface area contributed by atoms with E-state index in [1.807, 2.05) is 11.8 Å². The average molecular weight is 763 g/mol. The Bertz CT molecular complexity index is 1280. The Labute approximate surface area is 247 Å². The van der Waals surface area contributed by atoms with Gasteiger partial charge in [0.2, 0.25) is 7.38 Å². The lowest BCUT2D eigenvalue weighted by Crippen LogP contribution is -2.37. The van der Waals surface area contributed by atoms with E-state index in [0.717, 1.165) is 5.75 Å². The number of amides is 1. The maximum absolute atomic E-state index is 12.9. The molecule has 204 valence electrons. The summed E-state index contributed by atoms with van der Waals surface area (Å²) in [5.74, 6) is 0.590. The van der Waals surface area contributed by atoms with Crippen LogP contribution in [0.5, 0.6) is 0 Å². The number of halogens is 3. The molecule has 1 aliphatic carbocycles. The first-order valence-electron chi connectivity index (χ1n) is 11.3. The van der Waals surface area contributed by atoms with Gasteiger partial charge in [0, 0.05) is 34.5 Å². The Hall–Kier alpha value is -0.840. The Morgan fingerprint density at radius 2 is 1.57 bits per heavy atom. The van der Waals surface area contributed by atoms with Crippen LogP contribution in [0.4, 0.5) is 17.1 Å². The van der Waals surface area contributed by atoms with Crippen LogP contribution in [-0.2, 0) is 24.8 Å². The highest BCUT2D eigenvalue weighted by Gasteiger charge is 2.35. The second kappa shape index (κ2) is 13.5. The van der Waals surface area contributed by atoms with Gasteiger partial charge in [0.15, 0.2) is 0 Å². The van der Waals surface area contributed by atoms with Crippen molar-refractivity contribution in [2.24, 2.45) is 0 Å². The van der Waals surface area contributed by atoms with E-state index in [9.17, 15) is 21.6 Å². The topological polar surface area (TPSA) is 133 Å². The summed E-state index contributed by atoms with van der Waals surface area (Å²) in [5.41, 5.74) is 3.59. The highest BCUT2D eigenvalue weighted by atomic mass is 80.0. The van der Waals surface area contributed by atoms with Crippen molar-refractivity contribution in [3.63, 3.8) is 0 Å². The molecular weight excluding hydrogens is 736 g/mol. The molecule has 1 fully saturated rings. The van der Waals surface area contributed by atoms with Crippen molar-refractivity contribution in [1.82, 2.24) is 4.83 Å². The van der Waals surface area contributed by atoms with E-state index in [1.165, 1.54) is 68.5 Å². The number of carbonyl (C=O) groups is 1. The molecule has 0 radical (unpaired) electrons. The smallest absolute Gasteiger partial charge is 0.264 e. The van der Waals surface area contributed by atoms with Gasteiger partial charge in [0.25, 0.3) is 20.0 Å². The van der Waals surface area contributed by atoms with Gasteiger partial charge in [-0.2, -0.15) is 11.8 Å². The monoisotopic (exact) mass is 760 g/mol. The summed E-state index contributed by atoms with van der Waals surface area (Å²) in [7, 11) is -7.77. The van der Waals surface area contributed by atoms with Gasteiger partial charge in [0.05, 0.1) is 4.90 Å². The van der Waals surface area contributed by atoms with Crippen LogP contribution < -0.4 is 20.3 Å². The number of hydrogen-bond acceptors (Lipinski definition) is 7. The predicted molar refractivity (Wildman–Crippen MR) is 161 cm³/mol. The molecule has 4 N–H and O–H groups in total. The third kappa shape index (κ3) is 9.69. The Morgan fingerprint density at radius 3 is 2.22 bits per heavy atom. The quantitative estimate of drug-likeness (QED) is 0.165. The van der Waals surface area contributed by atoms with Gasteiger partial charge >= 0.3 is 0 Å². The van der Waals surface area contributed by atoms with Crippen LogP contribution in [0.1, 0.15) is 38.5 Å². The molecule has 0 atom stereocenters. The summed E-state index contributed by atoms with van der Waals surface area (Å²) in [6, 6.07) is 12.0. The SMILES string of the molecule is O=C(CCSC1CCCCC1)Nc1cccc(S(=O)(=O)Nc2ccc(NNS(=O)(=O)C(Br)(Br)Br)cc2)c1. The fourth-order valence-corrected chi connectivity index (χ4v) is 7.04. The molecule has 1 amide bonds. The number of alkyl halides is 3. The van der Waals surface area contributed by atoms with Crippen molar-refractivity contribution in [1.29, 1.82) is 0 Å². The molecule has 9 nitrogen and oxygen atoms in total. The van der Waals surface area contributed by atoms with Crippen molar-refractivity contribution >= 4 is 103 Å². The number of thioether (sulfide) groups is 1. The zero-order chi connectivity index (χ0) is 27.1. The van der Waals surface area contributed by atoms with E-state index >= 15 is 0 Å². The summed E-state index contributed by atoms with van der Waals surface area (Å²) in [5, 5.41) is 3.41. The standard InChI is InChI=1S/C22H27Br3N4O5S3/c23-22(24,25)37(33,34)29-27-16-9-11-17(12-10-16)28-36(31,32)20-8-4-5-18(15-20)26-21(30)13-14-35-19-6-2-1-3-7-19/h4-5,8-12,15,19,27-29H,1-3,6-7,13-14H2,(H,26,30). The van der Waals surface area contributed by atoms with E-state index in [0.29, 0.717) is 23.0 Å². The molecular formula is C22H27Br3N4O5S3. The molecule has 0 aliphatic heterocycles. The van der Waals surface area contributed by atoms with E-state index in [2.05, 4.69) is 68.1 Å². The molecule has 0 heterocycles. The zero-order valence-corrected chi connectivity index (χ0v) is 26.8. The van der Waals surface area contributed by atoms with Crippen LogP contribution in [0.25, 0.3) is 0 Å². The van der Waals surface area contributed by atoms with Gasteiger partial charge < -0.3 is 10.7 Å². The van der Waals surface area contributed by atoms with Crippen LogP contribution in [0.2, 0.25) is 0 Å². The minimum absolute atomic E-state index is 0.000134. The summed E-state index contributed by atoms with van der Waals surface area (Å²) in [6.07, 6.45) is 6.61. The normalized spacial score (nSPS) is 15.2. The van der Waals surface area contributed by atoms with Crippen molar-refractivity contribution in [2.45, 2.75) is 50.1 Å². The minimum atomic E-state index is -3.93. The highest BCUT2D eigenvalue weighted by Crippen LogP contribution is 2.38. The predicted octanol–water partition coefficient (Wildman–Crippen LogP) is 5.92. The van der Waals surface area contributed by atoms with Gasteiger partial charge in [-0.1, -0.05) is 25.3 Å². The molecule has 1 aliphatic rings. The van der Waals surface area contributed by atoms with Crippen LogP contribution in [-0.4, -0.2) is 35.2 Å². The minimum Gasteiger partial charge on any atom is -0.326 e. The van der Waals surface area contributed by atoms with Crippen LogP contribution in [0.15, 0.2) is 53.4 Å². The maximum Gasteiger partial charge on any atom is 0.264 e. The number of sulfonamides is 2. The largest absolute Gasteiger partial charge is 0.326 e. The molecule has 0 aromatic heterocycles. The lowest BCUT2D eigenvalue weighted by atomic mass is 10.0. The molecule has 2 aromatic rings. The average Bonchev–Trinajstić information content (AvgIpc) is 2.83. The second-order valence-electron chi connectivity index (χ2n) is 8.32. The Morgan fingerprint density at radius 1 is 0.919 bits per heavy atom. The van der Waals surface area contributed by atoms with Crippen LogP contribution in [0, 0.1) is 0 Å². The third-order valence-corrected chi connectivity index (χ3v) is 13.0. The number of carbonyl (C=O) groups excluding carboxylic acids is 1. The molecule has 15 heteroatoms. The van der Waals surface area contributed by atoms with E-state index in [-0.39, 0.29) is 16.5 Å². The van der Waals surface area contributed by atoms with Gasteiger partial charge in [-0.3, -0.25) is 9.52 Å². The molecule has 3 rings (SSSR count). The lowest BCUT2D eigenvalue weighted by molar-refractivity contribution is -0.115. The summed E-state index contributed by atoms with van der Waals surface area (Å²) in [6.45, 7) is 0. The molecule has 2 aromatic carbocycles. The molecule has 1 saturated carbocycles. The number of benzene rings is 2. The van der Waals surface area contributed by atoms with Crippen molar-refractivity contribution in [3.05, 3.63) is 48.5 Å². The summed E-state index contributed by atoms with van der Waals surface area (Å²) in [4.78, 5) is 14.5. The highest BCUT2D eigenvalue weighted by molar-refractivity contribution is 9.42. The number of nitrogens with one attached hydrogen (secondary N) is 4. The maximum atomic E-state index is 12.9. The number of rotatable bonds is 11. The Kier molecular flexibility index (Phi) is 11.2. The molecule has 0 unspecified atom stereocenters. The van der Waals surface area contributed by atoms with Gasteiger partial charge in [-0.25, -0.2) is 16.8 Å². The van der Waals surface area contributed by atoms with E-state index < -0.39 is 21.5 Å².